The van der Waals surface area contributed by atoms with Crippen molar-refractivity contribution >= 4 is 52.0 Å². The Morgan fingerprint density at radius 2 is 1.71 bits per heavy atom. The minimum absolute atomic E-state index is 0.154. The van der Waals surface area contributed by atoms with Gasteiger partial charge in [0.15, 0.2) is 0 Å². The molecule has 0 saturated heterocycles. The number of fused-ring (bicyclic) bond motifs is 1. The van der Waals surface area contributed by atoms with Crippen LogP contribution in [0.1, 0.15) is 16.8 Å². The average molecular weight is 468 g/mol. The number of hydrogen-bond donors (Lipinski definition) is 5. The molecule has 1 aliphatic heterocycles. The number of H-pyrrole nitrogens is 1. The summed E-state index contributed by atoms with van der Waals surface area (Å²) in [6.45, 7) is 1.95. The van der Waals surface area contributed by atoms with Crippen LogP contribution in [-0.2, 0) is 4.79 Å². The van der Waals surface area contributed by atoms with Gasteiger partial charge in [0, 0.05) is 40.2 Å². The summed E-state index contributed by atoms with van der Waals surface area (Å²) >= 11 is 0. The fourth-order valence-electron chi connectivity index (χ4n) is 3.85. The maximum atomic E-state index is 13.4. The van der Waals surface area contributed by atoms with Gasteiger partial charge in [-0.15, -0.1) is 0 Å². The van der Waals surface area contributed by atoms with Gasteiger partial charge in [0.1, 0.15) is 5.82 Å². The van der Waals surface area contributed by atoms with E-state index in [1.54, 1.807) is 12.1 Å². The lowest BCUT2D eigenvalue weighted by molar-refractivity contribution is -0.110. The molecule has 3 aromatic carbocycles. The number of benzene rings is 3. The second-order valence-corrected chi connectivity index (χ2v) is 8.14. The van der Waals surface area contributed by atoms with Crippen molar-refractivity contribution in [3.05, 3.63) is 102 Å². The van der Waals surface area contributed by atoms with E-state index >= 15 is 0 Å². The Hall–Kier alpha value is -4.85. The Labute approximate surface area is 201 Å². The minimum atomic E-state index is -0.480. The maximum Gasteiger partial charge on any atom is 0.323 e. The van der Waals surface area contributed by atoms with E-state index in [1.807, 2.05) is 61.7 Å². The highest BCUT2D eigenvalue weighted by Crippen LogP contribution is 2.36. The van der Waals surface area contributed by atoms with Crippen molar-refractivity contribution in [1.82, 2.24) is 4.98 Å². The number of hydrogen-bond acceptors (Lipinski definition) is 3. The molecule has 5 rings (SSSR count). The Morgan fingerprint density at radius 1 is 0.914 bits per heavy atom. The van der Waals surface area contributed by atoms with Crippen LogP contribution >= 0.6 is 0 Å². The van der Waals surface area contributed by atoms with E-state index in [0.29, 0.717) is 16.9 Å². The molecule has 7 nitrogen and oxygen atoms in total. The zero-order valence-electron chi connectivity index (χ0n) is 18.8. The molecule has 0 spiro atoms. The lowest BCUT2D eigenvalue weighted by Gasteiger charge is -2.14. The van der Waals surface area contributed by atoms with Crippen LogP contribution in [0.5, 0.6) is 0 Å². The summed E-state index contributed by atoms with van der Waals surface area (Å²) in [6, 6.07) is 20.1. The number of urea groups is 1. The van der Waals surface area contributed by atoms with Crippen molar-refractivity contribution in [3.8, 4) is 0 Å². The molecule has 4 aromatic rings. The molecule has 2 heterocycles. The number of nitrogens with one attached hydrogen (secondary N) is 5. The van der Waals surface area contributed by atoms with Crippen molar-refractivity contribution < 1.29 is 14.0 Å². The van der Waals surface area contributed by atoms with Crippen LogP contribution in [0.25, 0.3) is 11.6 Å². The van der Waals surface area contributed by atoms with Gasteiger partial charge >= 0.3 is 6.03 Å². The molecule has 0 fully saturated rings. The van der Waals surface area contributed by atoms with E-state index in [2.05, 4.69) is 26.3 Å². The van der Waals surface area contributed by atoms with Gasteiger partial charge < -0.3 is 26.3 Å². The van der Waals surface area contributed by atoms with Crippen LogP contribution in [0.2, 0.25) is 0 Å². The summed E-state index contributed by atoms with van der Waals surface area (Å²) in [5.41, 5.74) is 6.48. The third-order valence-corrected chi connectivity index (χ3v) is 5.58. The molecule has 1 aliphatic rings. The van der Waals surface area contributed by atoms with E-state index in [1.165, 1.54) is 18.2 Å². The van der Waals surface area contributed by atoms with Gasteiger partial charge in [-0.25, -0.2) is 9.18 Å². The fraction of sp³-hybridized carbons (Fsp3) is 0.0370. The Balaban J connectivity index is 1.32. The summed E-state index contributed by atoms with van der Waals surface area (Å²) in [6.07, 6.45) is 3.63. The van der Waals surface area contributed by atoms with Crippen LogP contribution in [0.15, 0.2) is 79.0 Å². The molecule has 0 saturated carbocycles. The van der Waals surface area contributed by atoms with Crippen LogP contribution in [0.3, 0.4) is 0 Å². The SMILES string of the molecule is Cc1ccc(NC(=O)Nc2cccc(F)c2)cc1Nc1ccc2c(c1)NC(=O)/C2=C\c1ccc[nH]1. The molecule has 0 aliphatic carbocycles. The third-order valence-electron chi connectivity index (χ3n) is 5.58. The molecule has 8 heteroatoms. The third kappa shape index (κ3) is 4.91. The van der Waals surface area contributed by atoms with Gasteiger partial charge in [-0.2, -0.15) is 0 Å². The van der Waals surface area contributed by atoms with Gasteiger partial charge in [-0.3, -0.25) is 4.79 Å². The van der Waals surface area contributed by atoms with Gasteiger partial charge in [-0.05, 0) is 73.2 Å². The highest BCUT2D eigenvalue weighted by molar-refractivity contribution is 6.35. The first-order valence-electron chi connectivity index (χ1n) is 11.0. The molecule has 0 radical (unpaired) electrons. The van der Waals surface area contributed by atoms with Crippen LogP contribution in [-0.4, -0.2) is 16.9 Å². The number of aromatic nitrogens is 1. The van der Waals surface area contributed by atoms with Crippen LogP contribution in [0.4, 0.5) is 37.6 Å². The van der Waals surface area contributed by atoms with E-state index in [9.17, 15) is 14.0 Å². The lowest BCUT2D eigenvalue weighted by atomic mass is 10.1. The van der Waals surface area contributed by atoms with Crippen molar-refractivity contribution in [1.29, 1.82) is 0 Å². The number of aromatic amines is 1. The highest BCUT2D eigenvalue weighted by atomic mass is 19.1. The molecule has 174 valence electrons. The second-order valence-electron chi connectivity index (χ2n) is 8.14. The summed E-state index contributed by atoms with van der Waals surface area (Å²) in [5.74, 6) is -0.583. The fourth-order valence-corrected chi connectivity index (χ4v) is 3.85. The number of halogens is 1. The van der Waals surface area contributed by atoms with Gasteiger partial charge in [0.25, 0.3) is 5.91 Å². The molecule has 35 heavy (non-hydrogen) atoms. The van der Waals surface area contributed by atoms with Gasteiger partial charge in [0.05, 0.1) is 11.3 Å². The predicted molar refractivity (Wildman–Crippen MR) is 137 cm³/mol. The van der Waals surface area contributed by atoms with Crippen LogP contribution < -0.4 is 21.3 Å². The number of anilines is 5. The first kappa shape index (κ1) is 22.0. The molecule has 5 N–H and O–H groups in total. The molecule has 3 amide bonds. The topological polar surface area (TPSA) is 98.0 Å². The lowest BCUT2D eigenvalue weighted by Crippen LogP contribution is -2.19. The zero-order chi connectivity index (χ0) is 24.4. The monoisotopic (exact) mass is 467 g/mol. The predicted octanol–water partition coefficient (Wildman–Crippen LogP) is 6.34. The van der Waals surface area contributed by atoms with Crippen molar-refractivity contribution in [3.63, 3.8) is 0 Å². The number of rotatable bonds is 5. The Morgan fingerprint density at radius 3 is 2.49 bits per heavy atom. The van der Waals surface area contributed by atoms with E-state index < -0.39 is 11.8 Å². The first-order valence-corrected chi connectivity index (χ1v) is 11.0. The Bertz CT molecular complexity index is 1460. The number of amides is 3. The molecular weight excluding hydrogens is 445 g/mol. The molecule has 0 atom stereocenters. The molecule has 0 unspecified atom stereocenters. The quantitative estimate of drug-likeness (QED) is 0.221. The first-order chi connectivity index (χ1) is 16.9. The number of aryl methyl sites for hydroxylation is 1. The highest BCUT2D eigenvalue weighted by Gasteiger charge is 2.24. The standard InChI is InChI=1S/C27H22FN5O2/c1-16-7-8-21(32-27(35)31-19-5-2-4-17(28)12-19)14-24(16)30-20-9-10-22-23(13-18-6-3-11-29-18)26(34)33-25(22)15-20/h2-15,29-30H,1H3,(H,33,34)(H2,31,32,35)/b23-13-. The van der Waals surface area contributed by atoms with E-state index in [0.717, 1.165) is 33.9 Å². The number of carbonyl (C=O) groups excluding carboxylic acids is 2. The van der Waals surface area contributed by atoms with E-state index in [-0.39, 0.29) is 5.91 Å². The summed E-state index contributed by atoms with van der Waals surface area (Å²) < 4.78 is 13.4. The van der Waals surface area contributed by atoms with Crippen molar-refractivity contribution in [2.75, 3.05) is 21.3 Å². The summed E-state index contributed by atoms with van der Waals surface area (Å²) in [4.78, 5) is 27.9. The second kappa shape index (κ2) is 9.18. The minimum Gasteiger partial charge on any atom is -0.362 e. The maximum absolute atomic E-state index is 13.4. The van der Waals surface area contributed by atoms with Crippen molar-refractivity contribution in [2.45, 2.75) is 6.92 Å². The van der Waals surface area contributed by atoms with E-state index in [4.69, 9.17) is 0 Å². The molecular formula is C27H22FN5O2. The summed E-state index contributed by atoms with van der Waals surface area (Å²) in [7, 11) is 0. The average Bonchev–Trinajstić information content (AvgIpc) is 3.44. The Kier molecular flexibility index (Phi) is 5.76. The molecule has 0 bridgehead atoms. The number of carbonyl (C=O) groups is 2. The van der Waals surface area contributed by atoms with Crippen molar-refractivity contribution in [2.24, 2.45) is 0 Å². The smallest absolute Gasteiger partial charge is 0.323 e. The molecule has 1 aromatic heterocycles. The normalized spacial score (nSPS) is 13.3. The van der Waals surface area contributed by atoms with Crippen LogP contribution in [0, 0.1) is 12.7 Å². The summed E-state index contributed by atoms with van der Waals surface area (Å²) in [5, 5.41) is 11.6. The van der Waals surface area contributed by atoms with Gasteiger partial charge in [0.2, 0.25) is 0 Å². The van der Waals surface area contributed by atoms with Gasteiger partial charge in [-0.1, -0.05) is 18.2 Å². The largest absolute Gasteiger partial charge is 0.362 e. The zero-order valence-corrected chi connectivity index (χ0v) is 18.8.